The minimum atomic E-state index is -0.498. The van der Waals surface area contributed by atoms with Crippen molar-refractivity contribution in [1.29, 1.82) is 0 Å². The van der Waals surface area contributed by atoms with Gasteiger partial charge in [-0.05, 0) is 37.6 Å². The largest absolute Gasteiger partial charge is 0.325 e. The van der Waals surface area contributed by atoms with Gasteiger partial charge < -0.3 is 10.2 Å². The van der Waals surface area contributed by atoms with E-state index in [9.17, 15) is 19.7 Å². The molecule has 0 bridgehead atoms. The molecule has 7 heteroatoms. The normalized spacial score (nSPS) is 16.6. The number of hydrogen-bond acceptors (Lipinski definition) is 4. The number of benzene rings is 2. The molecule has 0 unspecified atom stereocenters. The molecule has 0 saturated carbocycles. The average molecular weight is 353 g/mol. The summed E-state index contributed by atoms with van der Waals surface area (Å²) in [4.78, 5) is 37.1. The van der Waals surface area contributed by atoms with Crippen LogP contribution in [0.15, 0.2) is 42.5 Å². The molecule has 2 amide bonds. The van der Waals surface area contributed by atoms with Crippen LogP contribution in [-0.4, -0.2) is 23.3 Å². The minimum absolute atomic E-state index is 0.0494. The quantitative estimate of drug-likeness (QED) is 0.675. The van der Waals surface area contributed by atoms with Crippen molar-refractivity contribution in [3.63, 3.8) is 0 Å². The van der Waals surface area contributed by atoms with Crippen LogP contribution in [0.2, 0.25) is 0 Å². The lowest BCUT2D eigenvalue weighted by Gasteiger charge is -2.17. The van der Waals surface area contributed by atoms with Crippen LogP contribution in [-0.2, 0) is 9.59 Å². The number of rotatable bonds is 4. The van der Waals surface area contributed by atoms with Crippen LogP contribution in [0.4, 0.5) is 17.1 Å². The lowest BCUT2D eigenvalue weighted by atomic mass is 10.1. The topological polar surface area (TPSA) is 92.6 Å². The lowest BCUT2D eigenvalue weighted by Crippen LogP contribution is -2.28. The molecule has 134 valence electrons. The van der Waals surface area contributed by atoms with Crippen molar-refractivity contribution in [1.82, 2.24) is 0 Å². The summed E-state index contributed by atoms with van der Waals surface area (Å²) in [5, 5.41) is 13.8. The van der Waals surface area contributed by atoms with E-state index >= 15 is 0 Å². The molecule has 7 nitrogen and oxygen atoms in total. The van der Waals surface area contributed by atoms with E-state index in [1.54, 1.807) is 17.9 Å². The van der Waals surface area contributed by atoms with Crippen LogP contribution in [0.1, 0.15) is 17.5 Å². The first-order valence-corrected chi connectivity index (χ1v) is 8.28. The van der Waals surface area contributed by atoms with E-state index in [0.717, 1.165) is 11.3 Å². The Morgan fingerprint density at radius 2 is 1.96 bits per heavy atom. The Bertz CT molecular complexity index is 894. The van der Waals surface area contributed by atoms with Gasteiger partial charge in [-0.15, -0.1) is 0 Å². The fraction of sp³-hybridized carbons (Fsp3) is 0.263. The maximum atomic E-state index is 12.6. The highest BCUT2D eigenvalue weighted by atomic mass is 16.6. The SMILES string of the molecule is Cc1cccc(N2C[C@@H](C(=O)Nc3cccc([N+](=O)[O-])c3C)CC2=O)c1. The Hall–Kier alpha value is -3.22. The summed E-state index contributed by atoms with van der Waals surface area (Å²) in [5.74, 6) is -0.912. The van der Waals surface area contributed by atoms with E-state index in [1.807, 2.05) is 31.2 Å². The van der Waals surface area contributed by atoms with Crippen molar-refractivity contribution in [3.8, 4) is 0 Å². The van der Waals surface area contributed by atoms with E-state index in [4.69, 9.17) is 0 Å². The highest BCUT2D eigenvalue weighted by Gasteiger charge is 2.35. The summed E-state index contributed by atoms with van der Waals surface area (Å²) in [6.07, 6.45) is 0.119. The van der Waals surface area contributed by atoms with Gasteiger partial charge in [-0.1, -0.05) is 18.2 Å². The smallest absolute Gasteiger partial charge is 0.274 e. The van der Waals surface area contributed by atoms with Crippen molar-refractivity contribution in [2.75, 3.05) is 16.8 Å². The van der Waals surface area contributed by atoms with E-state index in [0.29, 0.717) is 17.8 Å². The van der Waals surface area contributed by atoms with Crippen LogP contribution in [0, 0.1) is 29.9 Å². The standard InChI is InChI=1S/C19H19N3O4/c1-12-5-3-6-15(9-12)21-11-14(10-18(21)23)19(24)20-16-7-4-8-17(13(16)2)22(25)26/h3-9,14H,10-11H2,1-2H3,(H,20,24)/t14-/m0/s1. The number of nitrogens with one attached hydrogen (secondary N) is 1. The van der Waals surface area contributed by atoms with Crippen molar-refractivity contribution in [2.45, 2.75) is 20.3 Å². The minimum Gasteiger partial charge on any atom is -0.325 e. The van der Waals surface area contributed by atoms with E-state index in [1.165, 1.54) is 12.1 Å². The molecule has 0 aromatic heterocycles. The Morgan fingerprint density at radius 1 is 1.23 bits per heavy atom. The molecule has 26 heavy (non-hydrogen) atoms. The van der Waals surface area contributed by atoms with Gasteiger partial charge in [0.1, 0.15) is 0 Å². The molecule has 1 aliphatic heterocycles. The highest BCUT2D eigenvalue weighted by Crippen LogP contribution is 2.29. The van der Waals surface area contributed by atoms with Gasteiger partial charge in [0.25, 0.3) is 5.69 Å². The number of aryl methyl sites for hydroxylation is 1. The molecule has 0 aliphatic carbocycles. The van der Waals surface area contributed by atoms with Gasteiger partial charge in [0.05, 0.1) is 22.1 Å². The summed E-state index contributed by atoms with van der Waals surface area (Å²) in [6.45, 7) is 3.83. The van der Waals surface area contributed by atoms with Crippen molar-refractivity contribution in [2.24, 2.45) is 5.92 Å². The molecule has 1 atom stereocenters. The molecule has 3 rings (SSSR count). The first-order chi connectivity index (χ1) is 12.4. The van der Waals surface area contributed by atoms with Crippen LogP contribution in [0.3, 0.4) is 0 Å². The molecule has 2 aromatic carbocycles. The molecule has 1 N–H and O–H groups in total. The first-order valence-electron chi connectivity index (χ1n) is 8.28. The molecule has 1 heterocycles. The zero-order valence-electron chi connectivity index (χ0n) is 14.6. The maximum absolute atomic E-state index is 12.6. The summed E-state index contributed by atoms with van der Waals surface area (Å²) in [5.41, 5.74) is 2.55. The fourth-order valence-electron chi connectivity index (χ4n) is 3.12. The monoisotopic (exact) mass is 353 g/mol. The maximum Gasteiger partial charge on any atom is 0.274 e. The van der Waals surface area contributed by atoms with Gasteiger partial charge in [-0.3, -0.25) is 19.7 Å². The van der Waals surface area contributed by atoms with Crippen molar-refractivity contribution < 1.29 is 14.5 Å². The van der Waals surface area contributed by atoms with Crippen LogP contribution >= 0.6 is 0 Å². The number of carbonyl (C=O) groups is 2. The molecular formula is C19H19N3O4. The Labute approximate surface area is 150 Å². The number of anilines is 2. The summed E-state index contributed by atoms with van der Waals surface area (Å²) < 4.78 is 0. The number of nitro benzene ring substituents is 1. The molecule has 1 saturated heterocycles. The van der Waals surface area contributed by atoms with Gasteiger partial charge in [0.2, 0.25) is 11.8 Å². The fourth-order valence-corrected chi connectivity index (χ4v) is 3.12. The molecular weight excluding hydrogens is 334 g/mol. The molecule has 2 aromatic rings. The van der Waals surface area contributed by atoms with Crippen molar-refractivity contribution in [3.05, 3.63) is 63.7 Å². The van der Waals surface area contributed by atoms with Gasteiger partial charge in [0, 0.05) is 24.7 Å². The highest BCUT2D eigenvalue weighted by molar-refractivity contribution is 6.03. The number of hydrogen-bond donors (Lipinski definition) is 1. The van der Waals surface area contributed by atoms with Gasteiger partial charge in [0.15, 0.2) is 0 Å². The number of amides is 2. The zero-order valence-corrected chi connectivity index (χ0v) is 14.6. The van der Waals surface area contributed by atoms with Crippen molar-refractivity contribution >= 4 is 28.9 Å². The second-order valence-corrected chi connectivity index (χ2v) is 6.44. The number of carbonyl (C=O) groups excluding carboxylic acids is 2. The predicted octanol–water partition coefficient (Wildman–Crippen LogP) is 3.20. The summed E-state index contributed by atoms with van der Waals surface area (Å²) >= 11 is 0. The zero-order chi connectivity index (χ0) is 18.8. The van der Waals surface area contributed by atoms with Crippen LogP contribution in [0.5, 0.6) is 0 Å². The molecule has 0 radical (unpaired) electrons. The third-order valence-electron chi connectivity index (χ3n) is 4.57. The predicted molar refractivity (Wildman–Crippen MR) is 98.1 cm³/mol. The van der Waals surface area contributed by atoms with Crippen LogP contribution < -0.4 is 10.2 Å². The second-order valence-electron chi connectivity index (χ2n) is 6.44. The molecule has 1 aliphatic rings. The Morgan fingerprint density at radius 3 is 2.65 bits per heavy atom. The first kappa shape index (κ1) is 17.6. The third-order valence-corrected chi connectivity index (χ3v) is 4.57. The Kier molecular flexibility index (Phi) is 4.71. The summed E-state index contributed by atoms with van der Waals surface area (Å²) in [7, 11) is 0. The Balaban J connectivity index is 1.75. The van der Waals surface area contributed by atoms with E-state index in [2.05, 4.69) is 5.32 Å². The number of nitrogens with zero attached hydrogens (tertiary/aromatic N) is 2. The second kappa shape index (κ2) is 6.95. The molecule has 1 fully saturated rings. The van der Waals surface area contributed by atoms with Crippen LogP contribution in [0.25, 0.3) is 0 Å². The third kappa shape index (κ3) is 3.42. The van der Waals surface area contributed by atoms with Gasteiger partial charge in [-0.2, -0.15) is 0 Å². The van der Waals surface area contributed by atoms with E-state index < -0.39 is 10.8 Å². The molecule has 0 spiro atoms. The lowest BCUT2D eigenvalue weighted by molar-refractivity contribution is -0.385. The van der Waals surface area contributed by atoms with Gasteiger partial charge >= 0.3 is 0 Å². The number of nitro groups is 1. The van der Waals surface area contributed by atoms with E-state index in [-0.39, 0.29) is 23.9 Å². The average Bonchev–Trinajstić information content (AvgIpc) is 2.98. The summed E-state index contributed by atoms with van der Waals surface area (Å²) in [6, 6.07) is 12.1. The van der Waals surface area contributed by atoms with Gasteiger partial charge in [-0.25, -0.2) is 0 Å².